The molecule has 0 aliphatic heterocycles. The second-order valence-electron chi connectivity index (χ2n) is 6.19. The van der Waals surface area contributed by atoms with Gasteiger partial charge in [0.2, 0.25) is 5.91 Å². The summed E-state index contributed by atoms with van der Waals surface area (Å²) in [6.07, 6.45) is 6.56. The van der Waals surface area contributed by atoms with Crippen LogP contribution >= 0.6 is 0 Å². The van der Waals surface area contributed by atoms with E-state index in [9.17, 15) is 4.79 Å². The molecule has 0 bridgehead atoms. The largest absolute Gasteiger partial charge is 0.387 e. The molecule has 0 atom stereocenters. The molecule has 1 saturated carbocycles. The van der Waals surface area contributed by atoms with Crippen molar-refractivity contribution in [2.75, 3.05) is 6.54 Å². The van der Waals surface area contributed by atoms with Crippen molar-refractivity contribution in [1.82, 2.24) is 5.32 Å². The molecule has 1 amide bonds. The van der Waals surface area contributed by atoms with Gasteiger partial charge in [0, 0.05) is 24.4 Å². The van der Waals surface area contributed by atoms with Crippen LogP contribution in [0.5, 0.6) is 0 Å². The van der Waals surface area contributed by atoms with Crippen molar-refractivity contribution in [2.45, 2.75) is 64.8 Å². The summed E-state index contributed by atoms with van der Waals surface area (Å²) >= 11 is 0. The van der Waals surface area contributed by atoms with Crippen molar-refractivity contribution < 1.29 is 4.79 Å². The van der Waals surface area contributed by atoms with Crippen molar-refractivity contribution >= 4 is 11.7 Å². The maximum absolute atomic E-state index is 11.6. The fourth-order valence-electron chi connectivity index (χ4n) is 2.29. The standard InChI is InChI=1S/C14H27N3O/c1-14(2,3)17-12(18)9-10-16-13(15)11-7-5-4-6-8-11/h11H,4-10H2,1-3H3,(H2,15,16)(H,17,18). The highest BCUT2D eigenvalue weighted by molar-refractivity contribution is 5.83. The Balaban J connectivity index is 2.28. The smallest absolute Gasteiger partial charge is 0.222 e. The van der Waals surface area contributed by atoms with Crippen LogP contribution in [0.1, 0.15) is 59.3 Å². The summed E-state index contributed by atoms with van der Waals surface area (Å²) in [4.78, 5) is 15.9. The Bertz CT molecular complexity index is 299. The van der Waals surface area contributed by atoms with E-state index in [2.05, 4.69) is 10.3 Å². The SMILES string of the molecule is CC(C)(C)NC(=O)CCN=C(N)C1CCCCC1. The van der Waals surface area contributed by atoms with Gasteiger partial charge in [-0.15, -0.1) is 0 Å². The minimum Gasteiger partial charge on any atom is -0.387 e. The van der Waals surface area contributed by atoms with Crippen molar-refractivity contribution in [2.24, 2.45) is 16.6 Å². The summed E-state index contributed by atoms with van der Waals surface area (Å²) in [5.41, 5.74) is 5.81. The lowest BCUT2D eigenvalue weighted by Crippen LogP contribution is -2.40. The number of aliphatic imine (C=N–C) groups is 1. The van der Waals surface area contributed by atoms with Gasteiger partial charge in [0.1, 0.15) is 0 Å². The average Bonchev–Trinajstić information content (AvgIpc) is 2.27. The van der Waals surface area contributed by atoms with Gasteiger partial charge in [0.05, 0.1) is 5.84 Å². The van der Waals surface area contributed by atoms with Gasteiger partial charge in [0.25, 0.3) is 0 Å². The Labute approximate surface area is 110 Å². The highest BCUT2D eigenvalue weighted by atomic mass is 16.1. The van der Waals surface area contributed by atoms with E-state index in [4.69, 9.17) is 5.73 Å². The molecule has 0 aromatic carbocycles. The van der Waals surface area contributed by atoms with Crippen LogP contribution < -0.4 is 11.1 Å². The molecule has 18 heavy (non-hydrogen) atoms. The van der Waals surface area contributed by atoms with Gasteiger partial charge in [-0.3, -0.25) is 9.79 Å². The highest BCUT2D eigenvalue weighted by Crippen LogP contribution is 2.23. The first-order valence-corrected chi connectivity index (χ1v) is 6.99. The molecular weight excluding hydrogens is 226 g/mol. The molecule has 0 spiro atoms. The predicted octanol–water partition coefficient (Wildman–Crippen LogP) is 2.23. The van der Waals surface area contributed by atoms with E-state index in [0.29, 0.717) is 18.9 Å². The van der Waals surface area contributed by atoms with E-state index in [1.54, 1.807) is 0 Å². The molecule has 1 aliphatic carbocycles. The van der Waals surface area contributed by atoms with Crippen LogP contribution in [0, 0.1) is 5.92 Å². The third-order valence-corrected chi connectivity index (χ3v) is 3.17. The summed E-state index contributed by atoms with van der Waals surface area (Å²) in [5, 5.41) is 2.92. The van der Waals surface area contributed by atoms with Crippen LogP contribution in [-0.4, -0.2) is 23.8 Å². The van der Waals surface area contributed by atoms with Gasteiger partial charge in [-0.05, 0) is 33.6 Å². The topological polar surface area (TPSA) is 67.5 Å². The van der Waals surface area contributed by atoms with Crippen molar-refractivity contribution in [3.8, 4) is 0 Å². The molecule has 0 aromatic rings. The monoisotopic (exact) mass is 253 g/mol. The lowest BCUT2D eigenvalue weighted by molar-refractivity contribution is -0.122. The fraction of sp³-hybridized carbons (Fsp3) is 0.857. The number of carbonyl (C=O) groups is 1. The van der Waals surface area contributed by atoms with E-state index >= 15 is 0 Å². The lowest BCUT2D eigenvalue weighted by atomic mass is 9.88. The first kappa shape index (κ1) is 15.0. The third-order valence-electron chi connectivity index (χ3n) is 3.17. The second-order valence-corrected chi connectivity index (χ2v) is 6.19. The molecule has 4 heteroatoms. The Morgan fingerprint density at radius 1 is 1.28 bits per heavy atom. The molecular formula is C14H27N3O. The number of carbonyl (C=O) groups excluding carboxylic acids is 1. The first-order chi connectivity index (χ1) is 8.38. The number of rotatable bonds is 4. The van der Waals surface area contributed by atoms with Crippen molar-refractivity contribution in [3.05, 3.63) is 0 Å². The molecule has 0 saturated heterocycles. The lowest BCUT2D eigenvalue weighted by Gasteiger charge is -2.21. The minimum atomic E-state index is -0.171. The van der Waals surface area contributed by atoms with E-state index in [0.717, 1.165) is 18.7 Å². The molecule has 0 heterocycles. The Morgan fingerprint density at radius 3 is 2.44 bits per heavy atom. The second kappa shape index (κ2) is 6.76. The van der Waals surface area contributed by atoms with Crippen molar-refractivity contribution in [3.63, 3.8) is 0 Å². The van der Waals surface area contributed by atoms with E-state index in [-0.39, 0.29) is 11.4 Å². The Hall–Kier alpha value is -1.06. The number of nitrogens with one attached hydrogen (secondary N) is 1. The van der Waals surface area contributed by atoms with Gasteiger partial charge in [0.15, 0.2) is 0 Å². The highest BCUT2D eigenvalue weighted by Gasteiger charge is 2.17. The fourth-order valence-corrected chi connectivity index (χ4v) is 2.29. The summed E-state index contributed by atoms with van der Waals surface area (Å²) in [5.74, 6) is 1.24. The number of amides is 1. The van der Waals surface area contributed by atoms with Gasteiger partial charge in [-0.1, -0.05) is 19.3 Å². The molecule has 1 aliphatic rings. The zero-order valence-corrected chi connectivity index (χ0v) is 12.0. The summed E-state index contributed by atoms with van der Waals surface area (Å²) in [7, 11) is 0. The number of nitrogens with two attached hydrogens (primary N) is 1. The molecule has 1 fully saturated rings. The van der Waals surface area contributed by atoms with Crippen LogP contribution in [0.3, 0.4) is 0 Å². The van der Waals surface area contributed by atoms with Gasteiger partial charge < -0.3 is 11.1 Å². The maximum atomic E-state index is 11.6. The summed E-state index contributed by atoms with van der Waals surface area (Å²) < 4.78 is 0. The van der Waals surface area contributed by atoms with Gasteiger partial charge >= 0.3 is 0 Å². The summed E-state index contributed by atoms with van der Waals surface area (Å²) in [6, 6.07) is 0. The zero-order valence-electron chi connectivity index (χ0n) is 12.0. The predicted molar refractivity (Wildman–Crippen MR) is 75.6 cm³/mol. The maximum Gasteiger partial charge on any atom is 0.222 e. The summed E-state index contributed by atoms with van der Waals surface area (Å²) in [6.45, 7) is 6.43. The number of amidine groups is 1. The van der Waals surface area contributed by atoms with Crippen LogP contribution in [0.2, 0.25) is 0 Å². The number of hydrogen-bond donors (Lipinski definition) is 2. The molecule has 3 N–H and O–H groups in total. The zero-order chi connectivity index (χ0) is 13.6. The number of hydrogen-bond acceptors (Lipinski definition) is 2. The van der Waals surface area contributed by atoms with Crippen molar-refractivity contribution in [1.29, 1.82) is 0 Å². The van der Waals surface area contributed by atoms with Gasteiger partial charge in [-0.25, -0.2) is 0 Å². The van der Waals surface area contributed by atoms with E-state index < -0.39 is 0 Å². The molecule has 4 nitrogen and oxygen atoms in total. The van der Waals surface area contributed by atoms with E-state index in [1.165, 1.54) is 19.3 Å². The van der Waals surface area contributed by atoms with Crippen LogP contribution in [0.4, 0.5) is 0 Å². The van der Waals surface area contributed by atoms with Gasteiger partial charge in [-0.2, -0.15) is 0 Å². The van der Waals surface area contributed by atoms with Crippen LogP contribution in [0.25, 0.3) is 0 Å². The quantitative estimate of drug-likeness (QED) is 0.596. The molecule has 104 valence electrons. The third kappa shape index (κ3) is 6.03. The minimum absolute atomic E-state index is 0.0442. The Kier molecular flexibility index (Phi) is 5.63. The molecule has 0 radical (unpaired) electrons. The number of nitrogens with zero attached hydrogens (tertiary/aromatic N) is 1. The molecule has 0 aromatic heterocycles. The molecule has 1 rings (SSSR count). The normalized spacial score (nSPS) is 18.7. The van der Waals surface area contributed by atoms with Crippen LogP contribution in [-0.2, 0) is 4.79 Å². The van der Waals surface area contributed by atoms with E-state index in [1.807, 2.05) is 20.8 Å². The first-order valence-electron chi connectivity index (χ1n) is 6.99. The molecule has 0 unspecified atom stereocenters. The average molecular weight is 253 g/mol. The Morgan fingerprint density at radius 2 is 1.89 bits per heavy atom. The van der Waals surface area contributed by atoms with Crippen LogP contribution in [0.15, 0.2) is 4.99 Å².